The van der Waals surface area contributed by atoms with E-state index in [1.54, 1.807) is 0 Å². The fourth-order valence-electron chi connectivity index (χ4n) is 3.20. The molecule has 0 aromatic rings. The number of nitrogens with two attached hydrogens (primary N) is 1. The molecule has 2 aliphatic carbocycles. The van der Waals surface area contributed by atoms with Crippen LogP contribution in [0.1, 0.15) is 32.6 Å². The molecule has 2 unspecified atom stereocenters. The van der Waals surface area contributed by atoms with E-state index in [0.29, 0.717) is 24.2 Å². The summed E-state index contributed by atoms with van der Waals surface area (Å²) in [5, 5.41) is 3.52. The van der Waals surface area contributed by atoms with Gasteiger partial charge in [-0.3, -0.25) is 4.79 Å². The molecule has 2 saturated carbocycles. The largest absolute Gasteiger partial charge is 0.378 e. The Balaban J connectivity index is 1.64. The summed E-state index contributed by atoms with van der Waals surface area (Å²) in [6, 6.07) is 0.556. The minimum Gasteiger partial charge on any atom is -0.378 e. The Morgan fingerprint density at radius 1 is 1.50 bits per heavy atom. The third-order valence-electron chi connectivity index (χ3n) is 4.32. The molecule has 18 heavy (non-hydrogen) atoms. The van der Waals surface area contributed by atoms with Crippen LogP contribution in [-0.4, -0.2) is 44.4 Å². The van der Waals surface area contributed by atoms with Gasteiger partial charge in [0.15, 0.2) is 0 Å². The zero-order valence-electron chi connectivity index (χ0n) is 11.1. The minimum absolute atomic E-state index is 0.0130. The predicted molar refractivity (Wildman–Crippen MR) is 68.1 cm³/mol. The number of nitrogens with one attached hydrogen (secondary N) is 1. The maximum absolute atomic E-state index is 10.5. The summed E-state index contributed by atoms with van der Waals surface area (Å²) in [5.41, 5.74) is 5.38. The van der Waals surface area contributed by atoms with Gasteiger partial charge in [0.05, 0.1) is 12.7 Å². The Bertz CT molecular complexity index is 292. The third-order valence-corrected chi connectivity index (χ3v) is 4.32. The Kier molecular flexibility index (Phi) is 4.59. The van der Waals surface area contributed by atoms with Gasteiger partial charge in [0.2, 0.25) is 5.91 Å². The van der Waals surface area contributed by atoms with E-state index in [-0.39, 0.29) is 6.61 Å². The summed E-state index contributed by atoms with van der Waals surface area (Å²) < 4.78 is 10.9. The SMILES string of the molecule is CCOC1CC(NCCOCC(N)=O)C12CCC2. The maximum Gasteiger partial charge on any atom is 0.243 e. The van der Waals surface area contributed by atoms with Gasteiger partial charge in [-0.05, 0) is 26.2 Å². The average molecular weight is 256 g/mol. The molecular formula is C13H24N2O3. The standard InChI is InChI=1S/C13H24N2O3/c1-2-18-11-8-10(13(11)4-3-5-13)15-6-7-17-9-12(14)16/h10-11,15H,2-9H2,1H3,(H2,14,16). The lowest BCUT2D eigenvalue weighted by Crippen LogP contribution is -2.67. The molecule has 1 spiro atoms. The molecule has 0 aliphatic heterocycles. The van der Waals surface area contributed by atoms with Gasteiger partial charge in [-0.25, -0.2) is 0 Å². The van der Waals surface area contributed by atoms with Gasteiger partial charge >= 0.3 is 0 Å². The summed E-state index contributed by atoms with van der Waals surface area (Å²) in [6.45, 7) is 4.19. The first kappa shape index (κ1) is 13.8. The number of hydrogen-bond donors (Lipinski definition) is 2. The molecule has 104 valence electrons. The van der Waals surface area contributed by atoms with Crippen LogP contribution in [-0.2, 0) is 14.3 Å². The van der Waals surface area contributed by atoms with Crippen molar-refractivity contribution in [2.24, 2.45) is 11.1 Å². The van der Waals surface area contributed by atoms with Crippen LogP contribution in [0.25, 0.3) is 0 Å². The first-order chi connectivity index (χ1) is 8.69. The molecule has 2 rings (SSSR count). The van der Waals surface area contributed by atoms with Crippen molar-refractivity contribution in [2.45, 2.75) is 44.8 Å². The molecule has 0 aromatic carbocycles. The van der Waals surface area contributed by atoms with E-state index in [9.17, 15) is 4.79 Å². The smallest absolute Gasteiger partial charge is 0.243 e. The van der Waals surface area contributed by atoms with Crippen molar-refractivity contribution in [3.05, 3.63) is 0 Å². The number of carbonyl (C=O) groups is 1. The van der Waals surface area contributed by atoms with E-state index in [4.69, 9.17) is 15.2 Å². The van der Waals surface area contributed by atoms with Crippen LogP contribution >= 0.6 is 0 Å². The Morgan fingerprint density at radius 2 is 2.28 bits per heavy atom. The topological polar surface area (TPSA) is 73.6 Å². The maximum atomic E-state index is 10.5. The summed E-state index contributed by atoms with van der Waals surface area (Å²) in [5.74, 6) is -0.412. The van der Waals surface area contributed by atoms with Crippen LogP contribution in [0.5, 0.6) is 0 Å². The molecule has 2 aliphatic rings. The van der Waals surface area contributed by atoms with E-state index < -0.39 is 5.91 Å². The van der Waals surface area contributed by atoms with E-state index in [2.05, 4.69) is 12.2 Å². The van der Waals surface area contributed by atoms with E-state index in [1.165, 1.54) is 19.3 Å². The number of rotatable bonds is 8. The highest BCUT2D eigenvalue weighted by Gasteiger charge is 2.58. The van der Waals surface area contributed by atoms with E-state index >= 15 is 0 Å². The van der Waals surface area contributed by atoms with Crippen molar-refractivity contribution < 1.29 is 14.3 Å². The van der Waals surface area contributed by atoms with Crippen LogP contribution in [0, 0.1) is 5.41 Å². The molecule has 0 radical (unpaired) electrons. The zero-order valence-corrected chi connectivity index (χ0v) is 11.1. The average Bonchev–Trinajstić information content (AvgIpc) is 2.23. The summed E-state index contributed by atoms with van der Waals surface area (Å²) in [6.07, 6.45) is 5.42. The second-order valence-electron chi connectivity index (χ2n) is 5.29. The van der Waals surface area contributed by atoms with Crippen molar-refractivity contribution in [1.29, 1.82) is 0 Å². The van der Waals surface area contributed by atoms with Crippen LogP contribution in [0.2, 0.25) is 0 Å². The van der Waals surface area contributed by atoms with Gasteiger partial charge in [0.1, 0.15) is 6.61 Å². The van der Waals surface area contributed by atoms with Crippen molar-refractivity contribution in [1.82, 2.24) is 5.32 Å². The molecule has 0 bridgehead atoms. The molecule has 3 N–H and O–H groups in total. The van der Waals surface area contributed by atoms with Crippen molar-refractivity contribution in [2.75, 3.05) is 26.4 Å². The lowest BCUT2D eigenvalue weighted by atomic mass is 9.51. The molecule has 2 atom stereocenters. The molecule has 2 fully saturated rings. The summed E-state index contributed by atoms with van der Waals surface area (Å²) in [4.78, 5) is 10.5. The van der Waals surface area contributed by atoms with Crippen molar-refractivity contribution in [3.8, 4) is 0 Å². The van der Waals surface area contributed by atoms with Crippen molar-refractivity contribution in [3.63, 3.8) is 0 Å². The number of amides is 1. The summed E-state index contributed by atoms with van der Waals surface area (Å²) in [7, 11) is 0. The minimum atomic E-state index is -0.412. The quantitative estimate of drug-likeness (QED) is 0.618. The monoisotopic (exact) mass is 256 g/mol. The fourth-order valence-corrected chi connectivity index (χ4v) is 3.20. The van der Waals surface area contributed by atoms with Gasteiger partial charge in [0, 0.05) is 24.6 Å². The van der Waals surface area contributed by atoms with Gasteiger partial charge in [-0.15, -0.1) is 0 Å². The Labute approximate surface area is 108 Å². The summed E-state index contributed by atoms with van der Waals surface area (Å²) >= 11 is 0. The van der Waals surface area contributed by atoms with Crippen LogP contribution in [0.15, 0.2) is 0 Å². The first-order valence-corrected chi connectivity index (χ1v) is 6.90. The Hall–Kier alpha value is -0.650. The normalized spacial score (nSPS) is 28.7. The van der Waals surface area contributed by atoms with E-state index in [1.807, 2.05) is 0 Å². The fraction of sp³-hybridized carbons (Fsp3) is 0.923. The molecule has 5 nitrogen and oxygen atoms in total. The lowest BCUT2D eigenvalue weighted by molar-refractivity contribution is -0.173. The van der Waals surface area contributed by atoms with Crippen molar-refractivity contribution >= 4 is 5.91 Å². The van der Waals surface area contributed by atoms with E-state index in [0.717, 1.165) is 19.6 Å². The molecule has 1 amide bonds. The van der Waals surface area contributed by atoms with Gasteiger partial charge in [-0.1, -0.05) is 6.42 Å². The van der Waals surface area contributed by atoms with Gasteiger partial charge in [0.25, 0.3) is 0 Å². The molecule has 0 saturated heterocycles. The highest BCUT2D eigenvalue weighted by atomic mass is 16.5. The van der Waals surface area contributed by atoms with Crippen LogP contribution in [0.4, 0.5) is 0 Å². The van der Waals surface area contributed by atoms with Gasteiger partial charge in [-0.2, -0.15) is 0 Å². The second-order valence-corrected chi connectivity index (χ2v) is 5.29. The zero-order chi connectivity index (χ0) is 13.0. The highest BCUT2D eigenvalue weighted by molar-refractivity contribution is 5.74. The van der Waals surface area contributed by atoms with Crippen LogP contribution < -0.4 is 11.1 Å². The number of carbonyl (C=O) groups excluding carboxylic acids is 1. The molecular weight excluding hydrogens is 232 g/mol. The third kappa shape index (κ3) is 2.68. The Morgan fingerprint density at radius 3 is 2.83 bits per heavy atom. The highest BCUT2D eigenvalue weighted by Crippen LogP contribution is 2.57. The predicted octanol–water partition coefficient (Wildman–Crippen LogP) is 0.426. The number of hydrogen-bond acceptors (Lipinski definition) is 4. The number of primary amides is 1. The molecule has 0 aromatic heterocycles. The van der Waals surface area contributed by atoms with Gasteiger partial charge < -0.3 is 20.5 Å². The first-order valence-electron chi connectivity index (χ1n) is 6.90. The van der Waals surface area contributed by atoms with Crippen LogP contribution in [0.3, 0.4) is 0 Å². The second kappa shape index (κ2) is 5.99. The lowest BCUT2D eigenvalue weighted by Gasteiger charge is -2.61. The molecule has 5 heteroatoms. The number of ether oxygens (including phenoxy) is 2. The molecule has 0 heterocycles.